The number of hydrogen-bond donors (Lipinski definition) is 0. The van der Waals surface area contributed by atoms with Crippen molar-refractivity contribution in [1.82, 2.24) is 0 Å². The molecule has 0 fully saturated rings. The van der Waals surface area contributed by atoms with E-state index in [1.807, 2.05) is 12.1 Å². The van der Waals surface area contributed by atoms with Crippen LogP contribution in [0.1, 0.15) is 0 Å². The SMILES string of the molecule is COc1cccc([Se]C)c1. The Balaban J connectivity index is 2.87. The summed E-state index contributed by atoms with van der Waals surface area (Å²) in [7, 11) is 1.70. The van der Waals surface area contributed by atoms with Crippen molar-refractivity contribution in [2.75, 3.05) is 7.11 Å². The van der Waals surface area contributed by atoms with Gasteiger partial charge in [0.15, 0.2) is 0 Å². The number of ether oxygens (including phenoxy) is 1. The molecule has 0 spiro atoms. The minimum absolute atomic E-state index is 0.578. The Kier molecular flexibility index (Phi) is 2.79. The summed E-state index contributed by atoms with van der Waals surface area (Å²) in [5, 5.41) is 0. The molecule has 0 radical (unpaired) electrons. The first-order valence-corrected chi connectivity index (χ1v) is 5.62. The van der Waals surface area contributed by atoms with Gasteiger partial charge in [0.25, 0.3) is 0 Å². The van der Waals surface area contributed by atoms with Crippen LogP contribution >= 0.6 is 0 Å². The molecule has 0 amide bonds. The van der Waals surface area contributed by atoms with E-state index in [1.165, 1.54) is 4.46 Å². The number of rotatable bonds is 2. The first kappa shape index (κ1) is 7.64. The maximum absolute atomic E-state index is 5.07. The van der Waals surface area contributed by atoms with Gasteiger partial charge in [-0.2, -0.15) is 0 Å². The predicted molar refractivity (Wildman–Crippen MR) is 44.2 cm³/mol. The van der Waals surface area contributed by atoms with E-state index in [4.69, 9.17) is 4.74 Å². The van der Waals surface area contributed by atoms with Crippen LogP contribution in [0.5, 0.6) is 5.75 Å². The van der Waals surface area contributed by atoms with Crippen LogP contribution in [0.15, 0.2) is 24.3 Å². The van der Waals surface area contributed by atoms with Gasteiger partial charge >= 0.3 is 67.1 Å². The van der Waals surface area contributed by atoms with E-state index in [2.05, 4.69) is 18.0 Å². The van der Waals surface area contributed by atoms with Gasteiger partial charge in [0.1, 0.15) is 0 Å². The van der Waals surface area contributed by atoms with Crippen LogP contribution in [0.4, 0.5) is 0 Å². The fraction of sp³-hybridized carbons (Fsp3) is 0.250. The summed E-state index contributed by atoms with van der Waals surface area (Å²) in [6.07, 6.45) is 0. The van der Waals surface area contributed by atoms with Crippen LogP contribution < -0.4 is 9.20 Å². The van der Waals surface area contributed by atoms with Crippen molar-refractivity contribution in [3.8, 4) is 5.75 Å². The molecule has 1 rings (SSSR count). The summed E-state index contributed by atoms with van der Waals surface area (Å²) in [5.74, 6) is 3.16. The van der Waals surface area contributed by atoms with Crippen molar-refractivity contribution in [3.05, 3.63) is 24.3 Å². The van der Waals surface area contributed by atoms with Gasteiger partial charge in [0, 0.05) is 0 Å². The molecule has 0 saturated heterocycles. The Morgan fingerprint density at radius 3 is 2.80 bits per heavy atom. The number of hydrogen-bond acceptors (Lipinski definition) is 1. The van der Waals surface area contributed by atoms with Crippen LogP contribution in [0.25, 0.3) is 0 Å². The van der Waals surface area contributed by atoms with Crippen LogP contribution in [0, 0.1) is 0 Å². The first-order valence-electron chi connectivity index (χ1n) is 3.05. The van der Waals surface area contributed by atoms with E-state index in [9.17, 15) is 0 Å². The Morgan fingerprint density at radius 2 is 2.20 bits per heavy atom. The second-order valence-electron chi connectivity index (χ2n) is 1.88. The van der Waals surface area contributed by atoms with Crippen molar-refractivity contribution < 1.29 is 4.74 Å². The maximum atomic E-state index is 5.07. The molecule has 0 aliphatic rings. The molecule has 10 heavy (non-hydrogen) atoms. The third-order valence-corrected chi connectivity index (χ3v) is 2.80. The quantitative estimate of drug-likeness (QED) is 0.650. The van der Waals surface area contributed by atoms with Gasteiger partial charge in [-0.25, -0.2) is 0 Å². The molecular weight excluding hydrogens is 191 g/mol. The van der Waals surface area contributed by atoms with E-state index in [-0.39, 0.29) is 0 Å². The molecule has 1 aromatic carbocycles. The molecule has 1 nitrogen and oxygen atoms in total. The van der Waals surface area contributed by atoms with Crippen molar-refractivity contribution in [1.29, 1.82) is 0 Å². The van der Waals surface area contributed by atoms with Crippen LogP contribution in [0.3, 0.4) is 0 Å². The molecule has 0 unspecified atom stereocenters. The third-order valence-electron chi connectivity index (χ3n) is 1.28. The molecular formula is C8H10OSe. The second kappa shape index (κ2) is 3.65. The molecule has 0 heterocycles. The average molecular weight is 201 g/mol. The van der Waals surface area contributed by atoms with E-state index in [0.29, 0.717) is 15.0 Å². The van der Waals surface area contributed by atoms with E-state index < -0.39 is 0 Å². The van der Waals surface area contributed by atoms with E-state index >= 15 is 0 Å². The average Bonchev–Trinajstić information content (AvgIpc) is 2.05. The molecule has 0 saturated carbocycles. The molecule has 0 aromatic heterocycles. The summed E-state index contributed by atoms with van der Waals surface area (Å²) in [5.41, 5.74) is 0. The Bertz CT molecular complexity index is 191. The molecule has 0 aliphatic heterocycles. The van der Waals surface area contributed by atoms with E-state index in [1.54, 1.807) is 7.11 Å². The van der Waals surface area contributed by atoms with Crippen molar-refractivity contribution in [2.45, 2.75) is 5.82 Å². The van der Waals surface area contributed by atoms with Gasteiger partial charge in [-0.3, -0.25) is 0 Å². The first-order chi connectivity index (χ1) is 4.86. The fourth-order valence-electron chi connectivity index (χ4n) is 0.728. The Morgan fingerprint density at radius 1 is 1.40 bits per heavy atom. The molecule has 0 N–H and O–H groups in total. The summed E-state index contributed by atoms with van der Waals surface area (Å²) in [4.78, 5) is 0. The monoisotopic (exact) mass is 202 g/mol. The molecule has 2 heteroatoms. The van der Waals surface area contributed by atoms with Gasteiger partial charge in [-0.05, 0) is 0 Å². The van der Waals surface area contributed by atoms with Crippen LogP contribution in [-0.2, 0) is 0 Å². The zero-order chi connectivity index (χ0) is 7.40. The molecule has 0 bridgehead atoms. The zero-order valence-corrected chi connectivity index (χ0v) is 7.84. The van der Waals surface area contributed by atoms with Crippen LogP contribution in [-0.4, -0.2) is 22.1 Å². The van der Waals surface area contributed by atoms with Gasteiger partial charge < -0.3 is 0 Å². The van der Waals surface area contributed by atoms with Crippen LogP contribution in [0.2, 0.25) is 5.82 Å². The molecule has 1 aromatic rings. The van der Waals surface area contributed by atoms with E-state index in [0.717, 1.165) is 5.75 Å². The predicted octanol–water partition coefficient (Wildman–Crippen LogP) is 1.07. The summed E-state index contributed by atoms with van der Waals surface area (Å²) in [6.45, 7) is 0. The van der Waals surface area contributed by atoms with Gasteiger partial charge in [-0.15, -0.1) is 0 Å². The zero-order valence-electron chi connectivity index (χ0n) is 6.13. The standard InChI is InChI=1S/C8H10OSe/c1-9-7-4-3-5-8(6-7)10-2/h3-6H,1-2H3. The third kappa shape index (κ3) is 1.76. The minimum atomic E-state index is 0.578. The normalized spacial score (nSPS) is 9.40. The fourth-order valence-corrected chi connectivity index (χ4v) is 1.67. The van der Waals surface area contributed by atoms with Crippen molar-refractivity contribution >= 4 is 19.4 Å². The second-order valence-corrected chi connectivity index (χ2v) is 3.73. The Hall–Kier alpha value is -0.461. The van der Waals surface area contributed by atoms with Gasteiger partial charge in [-0.1, -0.05) is 0 Å². The Labute approximate surface area is 67.6 Å². The molecule has 0 atom stereocenters. The number of benzene rings is 1. The molecule has 0 aliphatic carbocycles. The summed E-state index contributed by atoms with van der Waals surface area (Å²) in [6, 6.07) is 8.21. The number of methoxy groups -OCH3 is 1. The molecule has 54 valence electrons. The van der Waals surface area contributed by atoms with Gasteiger partial charge in [0.05, 0.1) is 0 Å². The summed E-state index contributed by atoms with van der Waals surface area (Å²) >= 11 is 0.578. The van der Waals surface area contributed by atoms with Gasteiger partial charge in [0.2, 0.25) is 0 Å². The topological polar surface area (TPSA) is 9.23 Å². The van der Waals surface area contributed by atoms with Crippen molar-refractivity contribution in [3.63, 3.8) is 0 Å². The van der Waals surface area contributed by atoms with Crippen molar-refractivity contribution in [2.24, 2.45) is 0 Å². The summed E-state index contributed by atoms with van der Waals surface area (Å²) < 4.78 is 6.45.